The molecule has 2 aromatic carbocycles. The van der Waals surface area contributed by atoms with E-state index >= 15 is 0 Å². The summed E-state index contributed by atoms with van der Waals surface area (Å²) in [5.41, 5.74) is 0.610. The number of anilines is 1. The van der Waals surface area contributed by atoms with Crippen LogP contribution in [0.25, 0.3) is 0 Å². The molecule has 0 heterocycles. The first-order valence-electron chi connectivity index (χ1n) is 8.63. The van der Waals surface area contributed by atoms with Crippen LogP contribution in [0.4, 0.5) is 10.1 Å². The predicted octanol–water partition coefficient (Wildman–Crippen LogP) is 1.67. The molecule has 152 valence electrons. The van der Waals surface area contributed by atoms with Gasteiger partial charge in [0, 0.05) is 18.7 Å². The number of benzene rings is 2. The lowest BCUT2D eigenvalue weighted by Crippen LogP contribution is -2.30. The highest BCUT2D eigenvalue weighted by molar-refractivity contribution is 7.92. The number of nitrogens with zero attached hydrogens (tertiary/aromatic N) is 1. The number of nitrogens with one attached hydrogen (secondary N) is 1. The van der Waals surface area contributed by atoms with E-state index < -0.39 is 15.8 Å². The maximum Gasteiger partial charge on any atom is 0.257 e. The van der Waals surface area contributed by atoms with Crippen molar-refractivity contribution in [2.45, 2.75) is 13.0 Å². The van der Waals surface area contributed by atoms with Gasteiger partial charge in [-0.25, -0.2) is 12.8 Å². The predicted molar refractivity (Wildman–Crippen MR) is 104 cm³/mol. The molecule has 0 bridgehead atoms. The largest absolute Gasteiger partial charge is 0.484 e. The minimum Gasteiger partial charge on any atom is -0.484 e. The third-order valence-corrected chi connectivity index (χ3v) is 4.96. The van der Waals surface area contributed by atoms with Crippen molar-refractivity contribution in [2.75, 3.05) is 30.3 Å². The Morgan fingerprint density at radius 3 is 2.46 bits per heavy atom. The van der Waals surface area contributed by atoms with E-state index in [0.717, 1.165) is 10.6 Å². The Morgan fingerprint density at radius 2 is 1.86 bits per heavy atom. The standard InChI is InChI=1S/C19H23FN2O5S/c1-28(25,26)22(13-15-5-2-3-6-18(15)20)16-7-9-17(10-8-16)27-14-19(24)21-11-4-12-23/h2-3,5-10,23H,4,11-14H2,1H3,(H,21,24). The smallest absolute Gasteiger partial charge is 0.257 e. The van der Waals surface area contributed by atoms with Crippen LogP contribution < -0.4 is 14.4 Å². The van der Waals surface area contributed by atoms with E-state index in [4.69, 9.17) is 9.84 Å². The second-order valence-electron chi connectivity index (χ2n) is 6.07. The lowest BCUT2D eigenvalue weighted by Gasteiger charge is -2.23. The van der Waals surface area contributed by atoms with Crippen molar-refractivity contribution in [1.82, 2.24) is 5.32 Å². The number of amides is 1. The van der Waals surface area contributed by atoms with Gasteiger partial charge in [-0.3, -0.25) is 9.10 Å². The van der Waals surface area contributed by atoms with Gasteiger partial charge in [-0.2, -0.15) is 0 Å². The second kappa shape index (κ2) is 10.0. The number of aliphatic hydroxyl groups excluding tert-OH is 1. The number of ether oxygens (including phenoxy) is 1. The fourth-order valence-corrected chi connectivity index (χ4v) is 3.28. The number of carbonyl (C=O) groups is 1. The Hall–Kier alpha value is -2.65. The van der Waals surface area contributed by atoms with Crippen molar-refractivity contribution in [2.24, 2.45) is 0 Å². The second-order valence-corrected chi connectivity index (χ2v) is 7.98. The van der Waals surface area contributed by atoms with Crippen LogP contribution in [0.15, 0.2) is 48.5 Å². The fraction of sp³-hybridized carbons (Fsp3) is 0.316. The van der Waals surface area contributed by atoms with Gasteiger partial charge in [-0.1, -0.05) is 18.2 Å². The first-order chi connectivity index (χ1) is 13.3. The topological polar surface area (TPSA) is 95.9 Å². The Kier molecular flexibility index (Phi) is 7.77. The zero-order valence-electron chi connectivity index (χ0n) is 15.5. The molecule has 0 aliphatic heterocycles. The van der Waals surface area contributed by atoms with Gasteiger partial charge in [0.15, 0.2) is 6.61 Å². The summed E-state index contributed by atoms with van der Waals surface area (Å²) < 4.78 is 44.7. The summed E-state index contributed by atoms with van der Waals surface area (Å²) in [6.45, 7) is 0.0120. The van der Waals surface area contributed by atoms with Crippen molar-refractivity contribution >= 4 is 21.6 Å². The highest BCUT2D eigenvalue weighted by Gasteiger charge is 2.19. The van der Waals surface area contributed by atoms with Crippen molar-refractivity contribution < 1.29 is 27.4 Å². The van der Waals surface area contributed by atoms with Gasteiger partial charge in [-0.15, -0.1) is 0 Å². The molecule has 0 spiro atoms. The van der Waals surface area contributed by atoms with Crippen LogP contribution in [0.5, 0.6) is 5.75 Å². The molecule has 7 nitrogen and oxygen atoms in total. The molecule has 2 N–H and O–H groups in total. The van der Waals surface area contributed by atoms with E-state index in [-0.39, 0.29) is 31.2 Å². The van der Waals surface area contributed by atoms with Crippen LogP contribution in [0.2, 0.25) is 0 Å². The van der Waals surface area contributed by atoms with Crippen molar-refractivity contribution in [3.05, 3.63) is 59.9 Å². The van der Waals surface area contributed by atoms with E-state index in [2.05, 4.69) is 5.32 Å². The monoisotopic (exact) mass is 410 g/mol. The molecule has 0 saturated carbocycles. The number of halogens is 1. The molecule has 0 radical (unpaired) electrons. The van der Waals surface area contributed by atoms with E-state index in [9.17, 15) is 17.6 Å². The molecule has 2 aromatic rings. The number of rotatable bonds is 10. The van der Waals surface area contributed by atoms with E-state index in [1.165, 1.54) is 42.5 Å². The number of hydrogen-bond donors (Lipinski definition) is 2. The Bertz CT molecular complexity index is 887. The van der Waals surface area contributed by atoms with Crippen molar-refractivity contribution in [3.8, 4) is 5.75 Å². The highest BCUT2D eigenvalue weighted by Crippen LogP contribution is 2.24. The SMILES string of the molecule is CS(=O)(=O)N(Cc1ccccc1F)c1ccc(OCC(=O)NCCCO)cc1. The summed E-state index contributed by atoms with van der Waals surface area (Å²) in [7, 11) is -3.64. The minimum atomic E-state index is -3.64. The van der Waals surface area contributed by atoms with Gasteiger partial charge < -0.3 is 15.2 Å². The molecule has 0 aliphatic carbocycles. The molecule has 0 saturated heterocycles. The Balaban J connectivity index is 2.06. The lowest BCUT2D eigenvalue weighted by molar-refractivity contribution is -0.123. The summed E-state index contributed by atoms with van der Waals surface area (Å²) in [5.74, 6) is -0.418. The summed E-state index contributed by atoms with van der Waals surface area (Å²) in [6, 6.07) is 12.1. The number of carbonyl (C=O) groups excluding carboxylic acids is 1. The first-order valence-corrected chi connectivity index (χ1v) is 10.5. The van der Waals surface area contributed by atoms with Crippen LogP contribution in [-0.2, 0) is 21.4 Å². The van der Waals surface area contributed by atoms with Crippen LogP contribution in [0.1, 0.15) is 12.0 Å². The molecule has 1 amide bonds. The van der Waals surface area contributed by atoms with Gasteiger partial charge >= 0.3 is 0 Å². The summed E-state index contributed by atoms with van der Waals surface area (Å²) >= 11 is 0. The minimum absolute atomic E-state index is 0.00762. The lowest BCUT2D eigenvalue weighted by atomic mass is 10.2. The molecule has 9 heteroatoms. The van der Waals surface area contributed by atoms with Crippen LogP contribution in [-0.4, -0.2) is 45.4 Å². The van der Waals surface area contributed by atoms with Gasteiger partial charge in [0.05, 0.1) is 18.5 Å². The third-order valence-electron chi connectivity index (χ3n) is 3.82. The van der Waals surface area contributed by atoms with Gasteiger partial charge in [-0.05, 0) is 36.8 Å². The van der Waals surface area contributed by atoms with Crippen LogP contribution in [0, 0.1) is 5.82 Å². The maximum absolute atomic E-state index is 13.9. The maximum atomic E-state index is 13.9. The molecule has 0 unspecified atom stereocenters. The van der Waals surface area contributed by atoms with Crippen LogP contribution >= 0.6 is 0 Å². The summed E-state index contributed by atoms with van der Waals surface area (Å²) in [4.78, 5) is 11.6. The van der Waals surface area contributed by atoms with Gasteiger partial charge in [0.2, 0.25) is 10.0 Å². The van der Waals surface area contributed by atoms with E-state index in [1.807, 2.05) is 0 Å². The molecule has 2 rings (SSSR count). The van der Waals surface area contributed by atoms with Crippen molar-refractivity contribution in [1.29, 1.82) is 0 Å². The molecular formula is C19H23FN2O5S. The first kappa shape index (κ1) is 21.6. The summed E-state index contributed by atoms with van der Waals surface area (Å²) in [5, 5.41) is 11.3. The highest BCUT2D eigenvalue weighted by atomic mass is 32.2. The Morgan fingerprint density at radius 1 is 1.18 bits per heavy atom. The number of aliphatic hydroxyl groups is 1. The van der Waals surface area contributed by atoms with Crippen molar-refractivity contribution in [3.63, 3.8) is 0 Å². The molecule has 0 fully saturated rings. The third kappa shape index (κ3) is 6.50. The Labute approximate surface area is 163 Å². The summed E-state index contributed by atoms with van der Waals surface area (Å²) in [6.07, 6.45) is 1.51. The number of sulfonamides is 1. The average molecular weight is 410 g/mol. The van der Waals surface area contributed by atoms with Gasteiger partial charge in [0.1, 0.15) is 11.6 Å². The zero-order valence-corrected chi connectivity index (χ0v) is 16.3. The molecular weight excluding hydrogens is 387 g/mol. The molecule has 0 aliphatic rings. The normalized spacial score (nSPS) is 11.1. The quantitative estimate of drug-likeness (QED) is 0.581. The zero-order chi connectivity index (χ0) is 20.6. The molecule has 0 aromatic heterocycles. The molecule has 0 atom stereocenters. The fourth-order valence-electron chi connectivity index (χ4n) is 2.40. The number of hydrogen-bond acceptors (Lipinski definition) is 5. The van der Waals surface area contributed by atoms with Crippen LogP contribution in [0.3, 0.4) is 0 Å². The average Bonchev–Trinajstić information content (AvgIpc) is 2.65. The van der Waals surface area contributed by atoms with Gasteiger partial charge in [0.25, 0.3) is 5.91 Å². The van der Waals surface area contributed by atoms with E-state index in [1.54, 1.807) is 6.07 Å². The van der Waals surface area contributed by atoms with E-state index in [0.29, 0.717) is 24.4 Å². The molecule has 28 heavy (non-hydrogen) atoms.